The van der Waals surface area contributed by atoms with Crippen molar-refractivity contribution >= 4 is 17.6 Å². The molecule has 1 aromatic heterocycles. The lowest BCUT2D eigenvalue weighted by Gasteiger charge is -2.16. The second-order valence-electron chi connectivity index (χ2n) is 4.93. The first-order valence-electron chi connectivity index (χ1n) is 7.14. The number of aryl methyl sites for hydroxylation is 1. The fourth-order valence-corrected chi connectivity index (χ4v) is 2.30. The zero-order valence-corrected chi connectivity index (χ0v) is 13.0. The van der Waals surface area contributed by atoms with Gasteiger partial charge in [-0.1, -0.05) is 30.7 Å². The van der Waals surface area contributed by atoms with Gasteiger partial charge in [0.05, 0.1) is 0 Å². The second-order valence-corrected chi connectivity index (χ2v) is 5.31. The lowest BCUT2D eigenvalue weighted by Crippen LogP contribution is -2.11. The number of aromatic nitrogens is 1. The summed E-state index contributed by atoms with van der Waals surface area (Å²) in [5, 5.41) is 0.373. The molecule has 2 aromatic rings. The number of hydrogen-bond acceptors (Lipinski definition) is 3. The molecule has 116 valence electrons. The number of benzene rings is 1. The fourth-order valence-electron chi connectivity index (χ4n) is 2.12. The van der Waals surface area contributed by atoms with Crippen LogP contribution in [-0.4, -0.2) is 11.0 Å². The van der Waals surface area contributed by atoms with E-state index in [9.17, 15) is 9.18 Å². The van der Waals surface area contributed by atoms with Crippen LogP contribution in [0.15, 0.2) is 42.6 Å². The predicted molar refractivity (Wildman–Crippen MR) is 83.1 cm³/mol. The summed E-state index contributed by atoms with van der Waals surface area (Å²) in [6, 6.07) is 9.59. The van der Waals surface area contributed by atoms with Crippen LogP contribution in [0.25, 0.3) is 0 Å². The van der Waals surface area contributed by atoms with E-state index in [1.165, 1.54) is 12.1 Å². The molecule has 0 saturated carbocycles. The highest BCUT2D eigenvalue weighted by atomic mass is 35.5. The Hall–Kier alpha value is -1.94. The largest absolute Gasteiger partial charge is 0.457 e. The number of hydrogen-bond donors (Lipinski definition) is 0. The molecule has 5 heteroatoms. The maximum absolute atomic E-state index is 12.8. The minimum Gasteiger partial charge on any atom is -0.457 e. The number of carbonyl (C=O) groups is 1. The second kappa shape index (κ2) is 7.90. The Morgan fingerprint density at radius 2 is 2.05 bits per heavy atom. The van der Waals surface area contributed by atoms with E-state index in [1.54, 1.807) is 30.5 Å². The van der Waals surface area contributed by atoms with Crippen molar-refractivity contribution in [3.05, 3.63) is 64.7 Å². The molecular weight excluding hydrogens is 305 g/mol. The Morgan fingerprint density at radius 1 is 1.32 bits per heavy atom. The molecule has 0 amide bonds. The number of rotatable bonds is 6. The topological polar surface area (TPSA) is 39.2 Å². The quantitative estimate of drug-likeness (QED) is 0.581. The van der Waals surface area contributed by atoms with Crippen molar-refractivity contribution in [2.75, 3.05) is 0 Å². The molecule has 0 bridgehead atoms. The summed E-state index contributed by atoms with van der Waals surface area (Å²) >= 11 is 5.85. The Labute approximate surface area is 134 Å². The summed E-state index contributed by atoms with van der Waals surface area (Å²) in [6.45, 7) is 1.94. The van der Waals surface area contributed by atoms with Crippen LogP contribution in [0.4, 0.5) is 4.39 Å². The fraction of sp³-hybridized carbons (Fsp3) is 0.294. The third-order valence-corrected chi connectivity index (χ3v) is 3.50. The number of ether oxygens (including phenoxy) is 1. The van der Waals surface area contributed by atoms with E-state index in [2.05, 4.69) is 4.98 Å². The SMILES string of the molecule is CC[C@@H](OC(=O)CCc1ccc(F)cc1)c1ccnc(Cl)c1. The van der Waals surface area contributed by atoms with Gasteiger partial charge < -0.3 is 4.74 Å². The van der Waals surface area contributed by atoms with Crippen molar-refractivity contribution in [2.45, 2.75) is 32.3 Å². The van der Waals surface area contributed by atoms with E-state index in [0.29, 0.717) is 18.0 Å². The maximum atomic E-state index is 12.8. The van der Waals surface area contributed by atoms with Gasteiger partial charge in [-0.2, -0.15) is 0 Å². The summed E-state index contributed by atoms with van der Waals surface area (Å²) < 4.78 is 18.3. The van der Waals surface area contributed by atoms with Gasteiger partial charge >= 0.3 is 5.97 Å². The van der Waals surface area contributed by atoms with Crippen LogP contribution in [0.5, 0.6) is 0 Å². The molecule has 0 saturated heterocycles. The third-order valence-electron chi connectivity index (χ3n) is 3.30. The lowest BCUT2D eigenvalue weighted by molar-refractivity contribution is -0.149. The van der Waals surface area contributed by atoms with Gasteiger partial charge in [-0.3, -0.25) is 4.79 Å². The Morgan fingerprint density at radius 3 is 2.68 bits per heavy atom. The van der Waals surface area contributed by atoms with E-state index in [4.69, 9.17) is 16.3 Å². The first kappa shape index (κ1) is 16.4. The van der Waals surface area contributed by atoms with Crippen molar-refractivity contribution < 1.29 is 13.9 Å². The highest BCUT2D eigenvalue weighted by Gasteiger charge is 2.15. The minimum atomic E-state index is -0.332. The molecule has 0 aliphatic carbocycles. The Balaban J connectivity index is 1.90. The highest BCUT2D eigenvalue weighted by Crippen LogP contribution is 2.23. The molecule has 0 spiro atoms. The predicted octanol–water partition coefficient (Wildman–Crippen LogP) is 4.50. The van der Waals surface area contributed by atoms with Gasteiger partial charge in [-0.25, -0.2) is 9.37 Å². The van der Waals surface area contributed by atoms with Crippen LogP contribution >= 0.6 is 11.6 Å². The van der Waals surface area contributed by atoms with Gasteiger partial charge in [0.1, 0.15) is 17.1 Å². The van der Waals surface area contributed by atoms with Gasteiger partial charge in [0, 0.05) is 12.6 Å². The molecule has 3 nitrogen and oxygen atoms in total. The molecular formula is C17H17ClFNO2. The molecule has 0 unspecified atom stereocenters. The highest BCUT2D eigenvalue weighted by molar-refractivity contribution is 6.29. The van der Waals surface area contributed by atoms with Crippen LogP contribution in [0.3, 0.4) is 0 Å². The molecule has 1 aromatic carbocycles. The Bertz CT molecular complexity index is 631. The molecule has 0 aliphatic rings. The monoisotopic (exact) mass is 321 g/mol. The summed E-state index contributed by atoms with van der Waals surface area (Å²) in [6.07, 6.45) is 2.68. The zero-order valence-electron chi connectivity index (χ0n) is 12.3. The molecule has 2 rings (SSSR count). The van der Waals surface area contributed by atoms with E-state index >= 15 is 0 Å². The van der Waals surface area contributed by atoms with Crippen LogP contribution in [0.1, 0.15) is 37.0 Å². The summed E-state index contributed by atoms with van der Waals surface area (Å²) in [4.78, 5) is 15.9. The van der Waals surface area contributed by atoms with E-state index in [1.807, 2.05) is 6.92 Å². The third kappa shape index (κ3) is 4.81. The smallest absolute Gasteiger partial charge is 0.306 e. The normalized spacial score (nSPS) is 12.0. The molecule has 0 fully saturated rings. The van der Waals surface area contributed by atoms with E-state index in [-0.39, 0.29) is 24.3 Å². The average molecular weight is 322 g/mol. The van der Waals surface area contributed by atoms with Gasteiger partial charge in [0.15, 0.2) is 0 Å². The maximum Gasteiger partial charge on any atom is 0.306 e. The number of pyridine rings is 1. The van der Waals surface area contributed by atoms with Crippen LogP contribution in [0, 0.1) is 5.82 Å². The lowest BCUT2D eigenvalue weighted by atomic mass is 10.1. The number of halogens is 2. The summed E-state index contributed by atoms with van der Waals surface area (Å²) in [7, 11) is 0. The standard InChI is InChI=1S/C17H17ClFNO2/c1-2-15(13-9-10-20-16(18)11-13)22-17(21)8-5-12-3-6-14(19)7-4-12/h3-4,6-7,9-11,15H,2,5,8H2,1H3/t15-/m1/s1. The van der Waals surface area contributed by atoms with Gasteiger partial charge in [0.2, 0.25) is 0 Å². The van der Waals surface area contributed by atoms with Crippen molar-refractivity contribution in [1.82, 2.24) is 4.98 Å². The van der Waals surface area contributed by atoms with Crippen LogP contribution in [0.2, 0.25) is 5.15 Å². The average Bonchev–Trinajstić information content (AvgIpc) is 2.52. The molecule has 22 heavy (non-hydrogen) atoms. The van der Waals surface area contributed by atoms with Crippen molar-refractivity contribution in [2.24, 2.45) is 0 Å². The first-order chi connectivity index (χ1) is 10.6. The van der Waals surface area contributed by atoms with Crippen molar-refractivity contribution in [3.8, 4) is 0 Å². The van der Waals surface area contributed by atoms with Gasteiger partial charge in [0.25, 0.3) is 0 Å². The van der Waals surface area contributed by atoms with Crippen molar-refractivity contribution in [3.63, 3.8) is 0 Å². The number of nitrogens with zero attached hydrogens (tertiary/aromatic N) is 1. The van der Waals surface area contributed by atoms with Gasteiger partial charge in [-0.15, -0.1) is 0 Å². The van der Waals surface area contributed by atoms with E-state index < -0.39 is 0 Å². The molecule has 0 radical (unpaired) electrons. The molecule has 0 aliphatic heterocycles. The Kier molecular flexibility index (Phi) is 5.90. The minimum absolute atomic E-state index is 0.251. The summed E-state index contributed by atoms with van der Waals surface area (Å²) in [5.74, 6) is -0.573. The van der Waals surface area contributed by atoms with Crippen LogP contribution in [-0.2, 0) is 16.0 Å². The van der Waals surface area contributed by atoms with Gasteiger partial charge in [-0.05, 0) is 48.2 Å². The molecule has 1 atom stereocenters. The van der Waals surface area contributed by atoms with E-state index in [0.717, 1.165) is 11.1 Å². The van der Waals surface area contributed by atoms with Crippen molar-refractivity contribution in [1.29, 1.82) is 0 Å². The van der Waals surface area contributed by atoms with Crippen LogP contribution < -0.4 is 0 Å². The molecule has 1 heterocycles. The summed E-state index contributed by atoms with van der Waals surface area (Å²) in [5.41, 5.74) is 1.73. The number of carbonyl (C=O) groups excluding carboxylic acids is 1. The molecule has 0 N–H and O–H groups in total. The first-order valence-corrected chi connectivity index (χ1v) is 7.51. The zero-order chi connectivity index (χ0) is 15.9. The number of esters is 1.